The molecule has 0 aliphatic heterocycles. The molecule has 0 fully saturated rings. The Morgan fingerprint density at radius 1 is 1.29 bits per heavy atom. The van der Waals surface area contributed by atoms with Crippen molar-refractivity contribution in [3.63, 3.8) is 0 Å². The third kappa shape index (κ3) is 4.95. The van der Waals surface area contributed by atoms with Gasteiger partial charge in [0.1, 0.15) is 0 Å². The number of benzene rings is 1. The summed E-state index contributed by atoms with van der Waals surface area (Å²) in [5.74, 6) is 1.04. The van der Waals surface area contributed by atoms with Gasteiger partial charge in [-0.25, -0.2) is 4.99 Å². The normalized spacial score (nSPS) is 11.9. The third-order valence-corrected chi connectivity index (χ3v) is 3.12. The van der Waals surface area contributed by atoms with Gasteiger partial charge in [-0.2, -0.15) is 5.10 Å². The summed E-state index contributed by atoms with van der Waals surface area (Å²) in [4.78, 5) is 4.41. The third-order valence-electron chi connectivity index (χ3n) is 3.12. The second-order valence-corrected chi connectivity index (χ2v) is 5.45. The van der Waals surface area contributed by atoms with Crippen molar-refractivity contribution in [1.82, 2.24) is 15.1 Å². The van der Waals surface area contributed by atoms with Crippen LogP contribution in [0.4, 0.5) is 0 Å². The summed E-state index contributed by atoms with van der Waals surface area (Å²) in [7, 11) is 0. The summed E-state index contributed by atoms with van der Waals surface area (Å²) < 4.78 is 1.91. The van der Waals surface area contributed by atoms with Crippen molar-refractivity contribution in [3.05, 3.63) is 53.9 Å². The zero-order valence-electron chi connectivity index (χ0n) is 12.7. The number of nitrogens with zero attached hydrogens (tertiary/aromatic N) is 3. The van der Waals surface area contributed by atoms with E-state index in [0.717, 1.165) is 13.1 Å². The van der Waals surface area contributed by atoms with Gasteiger partial charge in [-0.15, -0.1) is 0 Å². The van der Waals surface area contributed by atoms with Crippen molar-refractivity contribution < 1.29 is 0 Å². The number of nitrogens with one attached hydrogen (secondary N) is 1. The SMILES string of the molecule is CC(C)CNC(N)=NCc1ccccc1Cn1cccn1. The average Bonchev–Trinajstić information content (AvgIpc) is 2.97. The molecule has 0 spiro atoms. The van der Waals surface area contributed by atoms with E-state index in [1.54, 1.807) is 6.20 Å². The van der Waals surface area contributed by atoms with Gasteiger partial charge in [0, 0.05) is 18.9 Å². The molecule has 0 saturated heterocycles. The van der Waals surface area contributed by atoms with E-state index >= 15 is 0 Å². The molecule has 2 aromatic rings. The van der Waals surface area contributed by atoms with E-state index in [0.29, 0.717) is 18.4 Å². The van der Waals surface area contributed by atoms with Crippen LogP contribution in [0.15, 0.2) is 47.7 Å². The van der Waals surface area contributed by atoms with Crippen molar-refractivity contribution in [2.24, 2.45) is 16.6 Å². The molecule has 0 bridgehead atoms. The Morgan fingerprint density at radius 2 is 2.05 bits per heavy atom. The van der Waals surface area contributed by atoms with Crippen LogP contribution in [0, 0.1) is 5.92 Å². The van der Waals surface area contributed by atoms with Gasteiger partial charge in [-0.05, 0) is 23.1 Å². The molecule has 0 atom stereocenters. The molecule has 5 heteroatoms. The lowest BCUT2D eigenvalue weighted by molar-refractivity contribution is 0.621. The molecule has 0 saturated carbocycles. The van der Waals surface area contributed by atoms with E-state index in [4.69, 9.17) is 5.73 Å². The van der Waals surface area contributed by atoms with Gasteiger partial charge >= 0.3 is 0 Å². The Morgan fingerprint density at radius 3 is 2.71 bits per heavy atom. The molecule has 0 amide bonds. The van der Waals surface area contributed by atoms with Gasteiger partial charge in [-0.3, -0.25) is 4.68 Å². The van der Waals surface area contributed by atoms with Crippen LogP contribution >= 0.6 is 0 Å². The molecule has 1 aromatic heterocycles. The van der Waals surface area contributed by atoms with E-state index in [1.165, 1.54) is 11.1 Å². The van der Waals surface area contributed by atoms with Gasteiger partial charge in [0.15, 0.2) is 5.96 Å². The maximum absolute atomic E-state index is 5.88. The van der Waals surface area contributed by atoms with Crippen molar-refractivity contribution in [1.29, 1.82) is 0 Å². The van der Waals surface area contributed by atoms with E-state index in [9.17, 15) is 0 Å². The number of guanidine groups is 1. The van der Waals surface area contributed by atoms with Crippen LogP contribution in [0.5, 0.6) is 0 Å². The molecule has 112 valence electrons. The van der Waals surface area contributed by atoms with Gasteiger partial charge < -0.3 is 11.1 Å². The summed E-state index contributed by atoms with van der Waals surface area (Å²) in [6, 6.07) is 10.2. The van der Waals surface area contributed by atoms with Crippen molar-refractivity contribution in [2.45, 2.75) is 26.9 Å². The van der Waals surface area contributed by atoms with Crippen LogP contribution < -0.4 is 11.1 Å². The molecule has 1 aromatic carbocycles. The molecule has 5 nitrogen and oxygen atoms in total. The summed E-state index contributed by atoms with van der Waals surface area (Å²) in [6.45, 7) is 6.44. The Labute approximate surface area is 125 Å². The molecule has 0 radical (unpaired) electrons. The zero-order valence-corrected chi connectivity index (χ0v) is 12.7. The zero-order chi connectivity index (χ0) is 15.1. The summed E-state index contributed by atoms with van der Waals surface area (Å²) in [6.07, 6.45) is 3.74. The lowest BCUT2D eigenvalue weighted by atomic mass is 10.1. The number of aromatic nitrogens is 2. The minimum atomic E-state index is 0.498. The Hall–Kier alpha value is -2.30. The second-order valence-electron chi connectivity index (χ2n) is 5.45. The fourth-order valence-corrected chi connectivity index (χ4v) is 1.97. The van der Waals surface area contributed by atoms with Crippen LogP contribution in [-0.2, 0) is 13.1 Å². The van der Waals surface area contributed by atoms with Gasteiger partial charge in [-0.1, -0.05) is 38.1 Å². The molecular formula is C16H23N5. The highest BCUT2D eigenvalue weighted by Gasteiger charge is 2.03. The summed E-state index contributed by atoms with van der Waals surface area (Å²) >= 11 is 0. The van der Waals surface area contributed by atoms with Crippen LogP contribution in [0.2, 0.25) is 0 Å². The number of hydrogen-bond donors (Lipinski definition) is 2. The predicted octanol–water partition coefficient (Wildman–Crippen LogP) is 1.99. The summed E-state index contributed by atoms with van der Waals surface area (Å²) in [5, 5.41) is 7.37. The maximum atomic E-state index is 5.88. The molecular weight excluding hydrogens is 262 g/mol. The fraction of sp³-hybridized carbons (Fsp3) is 0.375. The Balaban J connectivity index is 2.01. The van der Waals surface area contributed by atoms with Crippen LogP contribution in [0.25, 0.3) is 0 Å². The first-order chi connectivity index (χ1) is 10.1. The largest absolute Gasteiger partial charge is 0.370 e. The number of nitrogens with two attached hydrogens (primary N) is 1. The standard InChI is InChI=1S/C16H23N5/c1-13(2)10-18-16(17)19-11-14-6-3-4-7-15(14)12-21-9-5-8-20-21/h3-9,13H,10-12H2,1-2H3,(H3,17,18,19). The van der Waals surface area contributed by atoms with E-state index in [-0.39, 0.29) is 0 Å². The quantitative estimate of drug-likeness (QED) is 0.630. The Kier molecular flexibility index (Phi) is 5.37. The lowest BCUT2D eigenvalue weighted by Crippen LogP contribution is -2.34. The average molecular weight is 285 g/mol. The molecule has 0 aliphatic carbocycles. The van der Waals surface area contributed by atoms with E-state index in [1.807, 2.05) is 29.1 Å². The smallest absolute Gasteiger partial charge is 0.188 e. The topological polar surface area (TPSA) is 68.2 Å². The highest BCUT2D eigenvalue weighted by molar-refractivity contribution is 5.77. The molecule has 1 heterocycles. The monoisotopic (exact) mass is 285 g/mol. The first-order valence-electron chi connectivity index (χ1n) is 7.23. The first kappa shape index (κ1) is 15.1. The van der Waals surface area contributed by atoms with Crippen molar-refractivity contribution in [3.8, 4) is 0 Å². The minimum Gasteiger partial charge on any atom is -0.370 e. The van der Waals surface area contributed by atoms with Crippen LogP contribution in [0.3, 0.4) is 0 Å². The van der Waals surface area contributed by atoms with Crippen LogP contribution in [0.1, 0.15) is 25.0 Å². The molecule has 21 heavy (non-hydrogen) atoms. The van der Waals surface area contributed by atoms with Gasteiger partial charge in [0.2, 0.25) is 0 Å². The fourth-order valence-electron chi connectivity index (χ4n) is 1.97. The van der Waals surface area contributed by atoms with E-state index < -0.39 is 0 Å². The minimum absolute atomic E-state index is 0.498. The molecule has 3 N–H and O–H groups in total. The highest BCUT2D eigenvalue weighted by atomic mass is 15.3. The lowest BCUT2D eigenvalue weighted by Gasteiger charge is -2.10. The van der Waals surface area contributed by atoms with Gasteiger partial charge in [0.25, 0.3) is 0 Å². The summed E-state index contributed by atoms with van der Waals surface area (Å²) in [5.41, 5.74) is 8.26. The highest BCUT2D eigenvalue weighted by Crippen LogP contribution is 2.11. The van der Waals surface area contributed by atoms with Crippen LogP contribution in [-0.4, -0.2) is 22.3 Å². The number of aliphatic imine (C=N–C) groups is 1. The first-order valence-corrected chi connectivity index (χ1v) is 7.23. The second kappa shape index (κ2) is 7.47. The predicted molar refractivity (Wildman–Crippen MR) is 85.9 cm³/mol. The van der Waals surface area contributed by atoms with Crippen molar-refractivity contribution >= 4 is 5.96 Å². The van der Waals surface area contributed by atoms with Gasteiger partial charge in [0.05, 0.1) is 13.1 Å². The number of rotatable bonds is 6. The molecule has 0 aliphatic rings. The van der Waals surface area contributed by atoms with Crippen molar-refractivity contribution in [2.75, 3.05) is 6.54 Å². The molecule has 0 unspecified atom stereocenters. The number of hydrogen-bond acceptors (Lipinski definition) is 2. The maximum Gasteiger partial charge on any atom is 0.188 e. The Bertz CT molecular complexity index is 572. The molecule has 2 rings (SSSR count). The van der Waals surface area contributed by atoms with E-state index in [2.05, 4.69) is 41.4 Å².